The van der Waals surface area contributed by atoms with Gasteiger partial charge in [0, 0.05) is 42.7 Å². The van der Waals surface area contributed by atoms with Gasteiger partial charge in [-0.2, -0.15) is 0 Å². The van der Waals surface area contributed by atoms with Crippen LogP contribution in [0.3, 0.4) is 0 Å². The summed E-state index contributed by atoms with van der Waals surface area (Å²) in [5, 5.41) is 8.76. The third-order valence-electron chi connectivity index (χ3n) is 14.1. The summed E-state index contributed by atoms with van der Waals surface area (Å²) in [7, 11) is -2.22. The first-order valence-electron chi connectivity index (χ1n) is 24.8. The average Bonchev–Trinajstić information content (AvgIpc) is 4.09. The van der Waals surface area contributed by atoms with Crippen molar-refractivity contribution in [3.05, 3.63) is 97.7 Å². The number of thiophene rings is 1. The van der Waals surface area contributed by atoms with Crippen LogP contribution in [0.2, 0.25) is 5.02 Å². The van der Waals surface area contributed by atoms with Gasteiger partial charge in [-0.25, -0.2) is 9.59 Å². The number of nitrogens with zero attached hydrogens (tertiary/aromatic N) is 4. The second-order valence-electron chi connectivity index (χ2n) is 19.2. The van der Waals surface area contributed by atoms with E-state index in [1.54, 1.807) is 13.1 Å². The number of carbonyl (C=O) groups excluding carboxylic acids is 8. The van der Waals surface area contributed by atoms with Gasteiger partial charge < -0.3 is 45.4 Å². The normalized spacial score (nSPS) is 19.4. The molecule has 0 aliphatic carbocycles. The molecule has 1 unspecified atom stereocenters. The number of halogens is 1. The minimum Gasteiger partial charge on any atom is -0.490 e. The molecule has 7 N–H and O–H groups in total. The Morgan fingerprint density at radius 1 is 0.947 bits per heavy atom. The summed E-state index contributed by atoms with van der Waals surface area (Å²) in [5.74, 6) is -2.93. The van der Waals surface area contributed by atoms with Crippen molar-refractivity contribution in [3.63, 3.8) is 0 Å². The Hall–Kier alpha value is -6.91. The number of imidazole rings is 1. The van der Waals surface area contributed by atoms with Crippen molar-refractivity contribution < 1.29 is 62.2 Å². The molecule has 3 aliphatic heterocycles. The highest BCUT2D eigenvalue weighted by Crippen LogP contribution is 2.40. The molecule has 2 aromatic heterocycles. The van der Waals surface area contributed by atoms with Gasteiger partial charge in [-0.15, -0.1) is 11.3 Å². The first-order valence-corrected chi connectivity index (χ1v) is 27.6. The van der Waals surface area contributed by atoms with Crippen molar-refractivity contribution in [1.82, 2.24) is 34.9 Å². The molecule has 0 saturated carbocycles. The summed E-state index contributed by atoms with van der Waals surface area (Å²) in [5.41, 5.74) is 6.79. The minimum absolute atomic E-state index is 0.0877. The van der Waals surface area contributed by atoms with E-state index in [2.05, 4.69) is 16.0 Å². The number of methoxy groups -OCH3 is 1. The molecule has 3 aromatic carbocycles. The van der Waals surface area contributed by atoms with Crippen molar-refractivity contribution in [2.45, 2.75) is 107 Å². The van der Waals surface area contributed by atoms with E-state index in [4.69, 9.17) is 26.8 Å². The highest BCUT2D eigenvalue weighted by molar-refractivity contribution is 7.70. The summed E-state index contributed by atoms with van der Waals surface area (Å²) in [6.07, 6.45) is 4.56. The zero-order valence-corrected chi connectivity index (χ0v) is 44.1. The number of primary amides is 1. The maximum atomic E-state index is 14.6. The molecular weight excluding hydrogens is 1050 g/mol. The van der Waals surface area contributed by atoms with E-state index in [0.717, 1.165) is 48.1 Å². The maximum absolute atomic E-state index is 14.6. The van der Waals surface area contributed by atoms with Gasteiger partial charge in [0.25, 0.3) is 11.4 Å². The SMILES string of the molecule is COC(=O)N1CC[C@H]2CC[C@@H](C(=O)N[C@@H](CCC(N)=O)COc3cccc(CCCCCc4ccc5c(c4)n(C)c(=O)n5C4CCC(=O)NC4=O)c3Cl)N2C(=O)[C@@H](NC(=O)c2cc3cc(C(=O)P(=O)(O)O)ccc3s2)C1. The van der Waals surface area contributed by atoms with Gasteiger partial charge in [0.2, 0.25) is 29.5 Å². The van der Waals surface area contributed by atoms with Crippen molar-refractivity contribution in [1.29, 1.82) is 0 Å². The number of hydrogen-bond donors (Lipinski definition) is 6. The quantitative estimate of drug-likeness (QED) is 0.0384. The third-order valence-corrected chi connectivity index (χ3v) is 16.5. The highest BCUT2D eigenvalue weighted by atomic mass is 35.5. The lowest BCUT2D eigenvalue weighted by molar-refractivity contribution is -0.143. The highest BCUT2D eigenvalue weighted by Gasteiger charge is 2.46. The molecule has 5 heterocycles. The van der Waals surface area contributed by atoms with E-state index in [9.17, 15) is 57.5 Å². The van der Waals surface area contributed by atoms with Gasteiger partial charge in [-0.05, 0) is 117 Å². The number of unbranched alkanes of at least 4 members (excludes halogenated alkanes) is 2. The van der Waals surface area contributed by atoms with Crippen LogP contribution in [0.25, 0.3) is 21.1 Å². The third kappa shape index (κ3) is 12.3. The van der Waals surface area contributed by atoms with E-state index < -0.39 is 79.0 Å². The van der Waals surface area contributed by atoms with Crippen LogP contribution in [0.1, 0.15) is 101 Å². The fourth-order valence-electron chi connectivity index (χ4n) is 10.2. The number of aryl methyl sites for hydroxylation is 3. The van der Waals surface area contributed by atoms with Gasteiger partial charge in [-0.1, -0.05) is 36.2 Å². The largest absolute Gasteiger partial charge is 0.490 e. The topological polar surface area (TPSA) is 308 Å². The second-order valence-corrected chi connectivity index (χ2v) is 22.2. The van der Waals surface area contributed by atoms with E-state index in [1.807, 2.05) is 30.3 Å². The predicted molar refractivity (Wildman–Crippen MR) is 279 cm³/mol. The molecule has 0 spiro atoms. The van der Waals surface area contributed by atoms with E-state index in [0.29, 0.717) is 51.2 Å². The second kappa shape index (κ2) is 23.5. The smallest absolute Gasteiger partial charge is 0.409 e. The molecule has 3 fully saturated rings. The van der Waals surface area contributed by atoms with Gasteiger partial charge in [0.15, 0.2) is 0 Å². The molecule has 0 radical (unpaired) electrons. The number of fused-ring (bicyclic) bond motifs is 3. The molecule has 3 saturated heterocycles. The average molecular weight is 1110 g/mol. The van der Waals surface area contributed by atoms with Gasteiger partial charge >= 0.3 is 19.4 Å². The number of rotatable bonds is 19. The molecule has 22 nitrogen and oxygen atoms in total. The summed E-state index contributed by atoms with van der Waals surface area (Å²) >= 11 is 7.90. The summed E-state index contributed by atoms with van der Waals surface area (Å²) in [4.78, 5) is 139. The zero-order chi connectivity index (χ0) is 54.6. The first-order chi connectivity index (χ1) is 36.2. The molecule has 8 rings (SSSR count). The number of aromatic nitrogens is 2. The van der Waals surface area contributed by atoms with Gasteiger partial charge in [0.05, 0.1) is 40.6 Å². The molecule has 25 heteroatoms. The van der Waals surface area contributed by atoms with Crippen LogP contribution < -0.4 is 32.1 Å². The molecule has 76 heavy (non-hydrogen) atoms. The summed E-state index contributed by atoms with van der Waals surface area (Å²) in [6, 6.07) is 12.2. The number of nitrogens with two attached hydrogens (primary N) is 1. The first kappa shape index (κ1) is 55.3. The number of nitrogens with one attached hydrogen (secondary N) is 3. The Bertz CT molecular complexity index is 3240. The van der Waals surface area contributed by atoms with Gasteiger partial charge in [-0.3, -0.25) is 52.6 Å². The molecule has 5 atom stereocenters. The van der Waals surface area contributed by atoms with Crippen LogP contribution in [0.4, 0.5) is 4.79 Å². The number of carbonyl (C=O) groups is 8. The Kier molecular flexibility index (Phi) is 17.1. The lowest BCUT2D eigenvalue weighted by Crippen LogP contribution is -2.61. The lowest BCUT2D eigenvalue weighted by Gasteiger charge is -2.38. The minimum atomic E-state index is -5.08. The van der Waals surface area contributed by atoms with Crippen LogP contribution >= 0.6 is 30.5 Å². The molecule has 3 aliphatic rings. The van der Waals surface area contributed by atoms with Crippen molar-refractivity contribution >= 4 is 98.7 Å². The Balaban J connectivity index is 0.889. The lowest BCUT2D eigenvalue weighted by atomic mass is 10.0. The fourth-order valence-corrected chi connectivity index (χ4v) is 11.9. The Labute approximate surface area is 444 Å². The number of imide groups is 1. The van der Waals surface area contributed by atoms with Crippen LogP contribution in [-0.4, -0.2) is 127 Å². The Morgan fingerprint density at radius 2 is 1.72 bits per heavy atom. The number of piperidine rings is 1. The van der Waals surface area contributed by atoms with Crippen LogP contribution in [-0.2, 0) is 53.2 Å². The zero-order valence-electron chi connectivity index (χ0n) is 41.7. The molecule has 404 valence electrons. The van der Waals surface area contributed by atoms with Crippen molar-refractivity contribution in [3.8, 4) is 5.75 Å². The standard InChI is InChI=1S/C51H58ClN8O14PS/c1-57-38-23-28(11-15-35(38)60(50(57)68)37-17-20-43(62)56-46(37)64)7-4-3-5-8-29-9-6-10-39(44(29)52)74-27-32(13-19-42(53)61)54-45(63)36-16-14-33-21-22-58(51(69)73-2)26-34(48(66)59(33)36)55-47(65)41-25-31-24-30(12-18-40(31)76-41)49(67)75(70,71)72/h6,9-12,15,18,23-25,32-34,36-37H,3-5,7-8,13-14,16-17,19-22,26-27H2,1-2H3,(H2,53,61)(H,54,63)(H,55,65)(H,56,62,64)(H2,70,71,72)/t32-,33+,34-,36-,37?/m0/s1. The van der Waals surface area contributed by atoms with Gasteiger partial charge in [0.1, 0.15) is 30.5 Å². The van der Waals surface area contributed by atoms with E-state index in [1.165, 1.54) is 50.3 Å². The van der Waals surface area contributed by atoms with E-state index >= 15 is 0 Å². The fraction of sp³-hybridized carbons (Fsp3) is 0.431. The molecular formula is C51H58ClN8O14PS. The van der Waals surface area contributed by atoms with Crippen LogP contribution in [0, 0.1) is 0 Å². The number of hydrogen-bond acceptors (Lipinski definition) is 13. The molecule has 5 aromatic rings. The number of ether oxygens (including phenoxy) is 2. The molecule has 0 bridgehead atoms. The monoisotopic (exact) mass is 1100 g/mol. The summed E-state index contributed by atoms with van der Waals surface area (Å²) in [6.45, 7) is -0.248. The van der Waals surface area contributed by atoms with E-state index in [-0.39, 0.29) is 73.8 Å². The van der Waals surface area contributed by atoms with Crippen molar-refractivity contribution in [2.24, 2.45) is 12.8 Å². The van der Waals surface area contributed by atoms with Crippen LogP contribution in [0.15, 0.2) is 65.5 Å². The van der Waals surface area contributed by atoms with Crippen molar-refractivity contribution in [2.75, 3.05) is 26.8 Å². The maximum Gasteiger partial charge on any atom is 0.409 e. The summed E-state index contributed by atoms with van der Waals surface area (Å²) < 4.78 is 26.3. The Morgan fingerprint density at radius 3 is 2.46 bits per heavy atom. The van der Waals surface area contributed by atoms with Crippen LogP contribution in [0.5, 0.6) is 5.75 Å². The number of benzene rings is 3. The predicted octanol–water partition coefficient (Wildman–Crippen LogP) is 4.22. The number of amides is 7. The molecule has 7 amide bonds.